The van der Waals surface area contributed by atoms with E-state index in [2.05, 4.69) is 48.0 Å². The van der Waals surface area contributed by atoms with Gasteiger partial charge in [0.1, 0.15) is 11.5 Å². The summed E-state index contributed by atoms with van der Waals surface area (Å²) in [5.74, 6) is 1.62. The van der Waals surface area contributed by atoms with Crippen LogP contribution < -0.4 is 9.47 Å². The summed E-state index contributed by atoms with van der Waals surface area (Å²) in [5.41, 5.74) is 4.87. The van der Waals surface area contributed by atoms with Gasteiger partial charge in [0.25, 0.3) is 0 Å². The first-order valence-corrected chi connectivity index (χ1v) is 7.41. The Bertz CT molecular complexity index is 608. The lowest BCUT2D eigenvalue weighted by Crippen LogP contribution is -2.00. The van der Waals surface area contributed by atoms with Crippen LogP contribution in [0.1, 0.15) is 27.1 Å². The highest BCUT2D eigenvalue weighted by molar-refractivity contribution is 9.09. The third-order valence-electron chi connectivity index (χ3n) is 3.42. The average Bonchev–Trinajstić information content (AvgIpc) is 2.48. The quantitative estimate of drug-likeness (QED) is 0.747. The molecule has 2 aromatic carbocycles. The molecule has 0 aliphatic heterocycles. The highest BCUT2D eigenvalue weighted by atomic mass is 79.9. The van der Waals surface area contributed by atoms with E-state index in [-0.39, 0.29) is 4.83 Å². The molecule has 1 atom stereocenters. The average molecular weight is 335 g/mol. The SMILES string of the molecule is COc1ccc(C(Br)c2cc(C)ccc2C)c(OC)c1. The van der Waals surface area contributed by atoms with E-state index in [1.54, 1.807) is 14.2 Å². The fourth-order valence-corrected chi connectivity index (χ4v) is 3.10. The summed E-state index contributed by atoms with van der Waals surface area (Å²) >= 11 is 3.80. The van der Waals surface area contributed by atoms with Crippen LogP contribution in [-0.2, 0) is 0 Å². The molecule has 0 saturated heterocycles. The highest BCUT2D eigenvalue weighted by Gasteiger charge is 2.17. The first kappa shape index (κ1) is 14.9. The number of benzene rings is 2. The summed E-state index contributed by atoms with van der Waals surface area (Å²) < 4.78 is 10.7. The molecule has 0 aromatic heterocycles. The lowest BCUT2D eigenvalue weighted by Gasteiger charge is -2.18. The Morgan fingerprint density at radius 1 is 0.900 bits per heavy atom. The van der Waals surface area contributed by atoms with Crippen molar-refractivity contribution >= 4 is 15.9 Å². The van der Waals surface area contributed by atoms with Gasteiger partial charge in [-0.3, -0.25) is 0 Å². The minimum absolute atomic E-state index is 0.100. The molecule has 3 heteroatoms. The number of hydrogen-bond donors (Lipinski definition) is 0. The maximum atomic E-state index is 5.49. The normalized spacial score (nSPS) is 12.1. The van der Waals surface area contributed by atoms with Crippen molar-refractivity contribution in [2.24, 2.45) is 0 Å². The predicted octanol–water partition coefficient (Wildman–Crippen LogP) is 4.80. The number of aryl methyl sites for hydroxylation is 2. The van der Waals surface area contributed by atoms with Crippen LogP contribution in [0.4, 0.5) is 0 Å². The second-order valence-electron chi connectivity index (χ2n) is 4.83. The molecule has 2 nitrogen and oxygen atoms in total. The van der Waals surface area contributed by atoms with Gasteiger partial charge in [-0.1, -0.05) is 45.8 Å². The maximum Gasteiger partial charge on any atom is 0.127 e. The molecule has 0 N–H and O–H groups in total. The van der Waals surface area contributed by atoms with Gasteiger partial charge in [-0.25, -0.2) is 0 Å². The standard InChI is InChI=1S/C17H19BrO2/c1-11-5-6-12(2)15(9-11)17(18)14-8-7-13(19-3)10-16(14)20-4/h5-10,17H,1-4H3. The summed E-state index contributed by atoms with van der Waals surface area (Å²) in [4.78, 5) is 0.100. The van der Waals surface area contributed by atoms with Gasteiger partial charge in [-0.15, -0.1) is 0 Å². The first-order valence-electron chi connectivity index (χ1n) is 6.50. The van der Waals surface area contributed by atoms with Gasteiger partial charge in [0.15, 0.2) is 0 Å². The summed E-state index contributed by atoms with van der Waals surface area (Å²) in [6, 6.07) is 12.4. The third kappa shape index (κ3) is 2.98. The van der Waals surface area contributed by atoms with Crippen molar-refractivity contribution in [3.8, 4) is 11.5 Å². The molecule has 0 amide bonds. The number of hydrogen-bond acceptors (Lipinski definition) is 2. The molecule has 2 rings (SSSR count). The fourth-order valence-electron chi connectivity index (χ4n) is 2.23. The third-order valence-corrected chi connectivity index (χ3v) is 4.41. The second kappa shape index (κ2) is 6.31. The van der Waals surface area contributed by atoms with Crippen molar-refractivity contribution in [2.45, 2.75) is 18.7 Å². The zero-order valence-corrected chi connectivity index (χ0v) is 13.8. The van der Waals surface area contributed by atoms with Crippen molar-refractivity contribution in [2.75, 3.05) is 14.2 Å². The van der Waals surface area contributed by atoms with Crippen molar-refractivity contribution in [3.05, 3.63) is 58.7 Å². The van der Waals surface area contributed by atoms with Crippen molar-refractivity contribution < 1.29 is 9.47 Å². The predicted molar refractivity (Wildman–Crippen MR) is 86.2 cm³/mol. The van der Waals surface area contributed by atoms with Crippen LogP contribution >= 0.6 is 15.9 Å². The monoisotopic (exact) mass is 334 g/mol. The van der Waals surface area contributed by atoms with E-state index in [1.165, 1.54) is 16.7 Å². The maximum absolute atomic E-state index is 5.49. The first-order chi connectivity index (χ1) is 9.56. The minimum Gasteiger partial charge on any atom is -0.497 e. The van der Waals surface area contributed by atoms with Gasteiger partial charge in [-0.05, 0) is 31.0 Å². The summed E-state index contributed by atoms with van der Waals surface area (Å²) in [6.07, 6.45) is 0. The molecule has 1 unspecified atom stereocenters. The van der Waals surface area contributed by atoms with Crippen LogP contribution in [0.3, 0.4) is 0 Å². The van der Waals surface area contributed by atoms with E-state index in [1.807, 2.05) is 18.2 Å². The molecule has 20 heavy (non-hydrogen) atoms. The van der Waals surface area contributed by atoms with Crippen LogP contribution in [0.2, 0.25) is 0 Å². The Balaban J connectivity index is 2.47. The van der Waals surface area contributed by atoms with Crippen LogP contribution in [0, 0.1) is 13.8 Å². The van der Waals surface area contributed by atoms with Crippen LogP contribution in [0.25, 0.3) is 0 Å². The summed E-state index contributed by atoms with van der Waals surface area (Å²) in [7, 11) is 3.34. The van der Waals surface area contributed by atoms with E-state index >= 15 is 0 Å². The Kier molecular flexibility index (Phi) is 4.71. The summed E-state index contributed by atoms with van der Waals surface area (Å²) in [5, 5.41) is 0. The van der Waals surface area contributed by atoms with E-state index < -0.39 is 0 Å². The zero-order chi connectivity index (χ0) is 14.7. The molecule has 0 radical (unpaired) electrons. The lowest BCUT2D eigenvalue weighted by atomic mass is 9.98. The molecule has 0 heterocycles. The van der Waals surface area contributed by atoms with Gasteiger partial charge >= 0.3 is 0 Å². The Hall–Kier alpha value is -1.48. The molecule has 2 aromatic rings. The van der Waals surface area contributed by atoms with Crippen molar-refractivity contribution in [1.82, 2.24) is 0 Å². The number of ether oxygens (including phenoxy) is 2. The number of methoxy groups -OCH3 is 2. The summed E-state index contributed by atoms with van der Waals surface area (Å²) in [6.45, 7) is 4.23. The van der Waals surface area contributed by atoms with Gasteiger partial charge in [0, 0.05) is 11.6 Å². The van der Waals surface area contributed by atoms with Crippen molar-refractivity contribution in [1.29, 1.82) is 0 Å². The van der Waals surface area contributed by atoms with Gasteiger partial charge in [0.05, 0.1) is 19.0 Å². The van der Waals surface area contributed by atoms with Gasteiger partial charge < -0.3 is 9.47 Å². The van der Waals surface area contributed by atoms with E-state index in [0.29, 0.717) is 0 Å². The Labute approximate surface area is 128 Å². The Morgan fingerprint density at radius 3 is 2.30 bits per heavy atom. The molecular formula is C17H19BrO2. The molecule has 0 aliphatic rings. The molecule has 0 fully saturated rings. The zero-order valence-electron chi connectivity index (χ0n) is 12.2. The number of halogens is 1. The largest absolute Gasteiger partial charge is 0.497 e. The molecule has 0 spiro atoms. The smallest absolute Gasteiger partial charge is 0.127 e. The molecule has 0 saturated carbocycles. The highest BCUT2D eigenvalue weighted by Crippen LogP contribution is 2.39. The molecule has 0 aliphatic carbocycles. The van der Waals surface area contributed by atoms with Crippen LogP contribution in [-0.4, -0.2) is 14.2 Å². The second-order valence-corrected chi connectivity index (χ2v) is 5.75. The minimum atomic E-state index is 0.100. The molecule has 0 bridgehead atoms. The topological polar surface area (TPSA) is 18.5 Å². The van der Waals surface area contributed by atoms with E-state index in [9.17, 15) is 0 Å². The lowest BCUT2D eigenvalue weighted by molar-refractivity contribution is 0.391. The van der Waals surface area contributed by atoms with Crippen LogP contribution in [0.15, 0.2) is 36.4 Å². The van der Waals surface area contributed by atoms with Gasteiger partial charge in [-0.2, -0.15) is 0 Å². The number of alkyl halides is 1. The van der Waals surface area contributed by atoms with Gasteiger partial charge in [0.2, 0.25) is 0 Å². The van der Waals surface area contributed by atoms with E-state index in [4.69, 9.17) is 9.47 Å². The van der Waals surface area contributed by atoms with E-state index in [0.717, 1.165) is 17.1 Å². The van der Waals surface area contributed by atoms with Crippen molar-refractivity contribution in [3.63, 3.8) is 0 Å². The molecule has 106 valence electrons. The Morgan fingerprint density at radius 2 is 1.65 bits per heavy atom. The molecular weight excluding hydrogens is 316 g/mol. The number of rotatable bonds is 4. The van der Waals surface area contributed by atoms with Crippen LogP contribution in [0.5, 0.6) is 11.5 Å². The fraction of sp³-hybridized carbons (Fsp3) is 0.294.